The summed E-state index contributed by atoms with van der Waals surface area (Å²) in [5, 5.41) is 6.43. The number of fused-ring (bicyclic) bond motifs is 1. The molecule has 1 amide bonds. The molecule has 104 valence electrons. The van der Waals surface area contributed by atoms with Gasteiger partial charge in [0.1, 0.15) is 18.2 Å². The summed E-state index contributed by atoms with van der Waals surface area (Å²) in [6.07, 6.45) is 0. The van der Waals surface area contributed by atoms with Gasteiger partial charge in [-0.2, -0.15) is 0 Å². The number of benzene rings is 1. The lowest BCUT2D eigenvalue weighted by Gasteiger charge is -2.10. The van der Waals surface area contributed by atoms with Crippen molar-refractivity contribution in [2.75, 3.05) is 6.61 Å². The van der Waals surface area contributed by atoms with Gasteiger partial charge in [0.2, 0.25) is 5.76 Å². The number of aryl methyl sites for hydroxylation is 1. The summed E-state index contributed by atoms with van der Waals surface area (Å²) in [5.74, 6) is -0.212. The number of hydrogen-bond acceptors (Lipinski definition) is 4. The molecule has 3 rings (SSSR count). The van der Waals surface area contributed by atoms with Crippen molar-refractivity contribution in [3.05, 3.63) is 45.5 Å². The van der Waals surface area contributed by atoms with Crippen molar-refractivity contribution in [3.8, 4) is 5.75 Å². The van der Waals surface area contributed by atoms with Gasteiger partial charge in [-0.15, -0.1) is 0 Å². The van der Waals surface area contributed by atoms with Gasteiger partial charge in [0.15, 0.2) is 0 Å². The lowest BCUT2D eigenvalue weighted by atomic mass is 10.1. The number of carbonyl (C=O) groups is 1. The van der Waals surface area contributed by atoms with Gasteiger partial charge >= 0.3 is 0 Å². The molecule has 0 radical (unpaired) electrons. The highest BCUT2D eigenvalue weighted by molar-refractivity contribution is 9.10. The van der Waals surface area contributed by atoms with E-state index >= 15 is 0 Å². The maximum atomic E-state index is 13.4. The van der Waals surface area contributed by atoms with E-state index in [4.69, 9.17) is 9.26 Å². The van der Waals surface area contributed by atoms with Gasteiger partial charge in [-0.1, -0.05) is 5.16 Å². The van der Waals surface area contributed by atoms with E-state index < -0.39 is 5.82 Å². The van der Waals surface area contributed by atoms with Crippen LogP contribution in [0.5, 0.6) is 5.75 Å². The molecule has 1 aromatic heterocycles. The molecule has 0 fully saturated rings. The fourth-order valence-electron chi connectivity index (χ4n) is 2.02. The molecule has 0 spiro atoms. The van der Waals surface area contributed by atoms with E-state index in [1.807, 2.05) is 0 Å². The monoisotopic (exact) mass is 340 g/mol. The Hall–Kier alpha value is -1.89. The Labute approximate surface area is 122 Å². The summed E-state index contributed by atoms with van der Waals surface area (Å²) in [6.45, 7) is 1.98. The summed E-state index contributed by atoms with van der Waals surface area (Å²) >= 11 is 3.12. The van der Waals surface area contributed by atoms with Crippen LogP contribution in [0.15, 0.2) is 27.2 Å². The fraction of sp³-hybridized carbons (Fsp3) is 0.231. The second-order valence-corrected chi connectivity index (χ2v) is 5.33. The van der Waals surface area contributed by atoms with Crippen LogP contribution in [0.2, 0.25) is 0 Å². The van der Waals surface area contributed by atoms with Crippen LogP contribution < -0.4 is 10.1 Å². The summed E-state index contributed by atoms with van der Waals surface area (Å²) in [6, 6.07) is 4.10. The number of nitrogens with one attached hydrogen (secondary N) is 1. The first kappa shape index (κ1) is 13.1. The topological polar surface area (TPSA) is 64.4 Å². The standard InChI is InChI=1S/C13H10BrFN2O3/c1-6-2-12(20-17-6)13(18)16-10-5-19-11-4-9(15)8(14)3-7(10)11/h2-4,10H,5H2,1H3,(H,16,18). The molecular formula is C13H10BrFN2O3. The Morgan fingerprint density at radius 3 is 3.00 bits per heavy atom. The molecule has 2 heterocycles. The minimum absolute atomic E-state index is 0.136. The molecule has 0 saturated heterocycles. The summed E-state index contributed by atoms with van der Waals surface area (Å²) in [7, 11) is 0. The zero-order chi connectivity index (χ0) is 14.3. The molecule has 1 aliphatic rings. The average Bonchev–Trinajstić information content (AvgIpc) is 2.98. The third-order valence-corrected chi connectivity index (χ3v) is 3.60. The number of halogens is 2. The molecule has 2 aromatic rings. The fourth-order valence-corrected chi connectivity index (χ4v) is 2.38. The zero-order valence-electron chi connectivity index (χ0n) is 10.4. The Morgan fingerprint density at radius 2 is 2.30 bits per heavy atom. The first-order chi connectivity index (χ1) is 9.54. The summed E-state index contributed by atoms with van der Waals surface area (Å²) in [4.78, 5) is 12.0. The summed E-state index contributed by atoms with van der Waals surface area (Å²) < 4.78 is 24.0. The highest BCUT2D eigenvalue weighted by atomic mass is 79.9. The minimum Gasteiger partial charge on any atom is -0.491 e. The highest BCUT2D eigenvalue weighted by Crippen LogP contribution is 2.36. The van der Waals surface area contributed by atoms with Gasteiger partial charge in [-0.05, 0) is 28.9 Å². The van der Waals surface area contributed by atoms with E-state index in [0.29, 0.717) is 15.9 Å². The van der Waals surface area contributed by atoms with Crippen LogP contribution in [0.1, 0.15) is 27.9 Å². The van der Waals surface area contributed by atoms with Crippen molar-refractivity contribution >= 4 is 21.8 Å². The number of carbonyl (C=O) groups excluding carboxylic acids is 1. The van der Waals surface area contributed by atoms with Crippen LogP contribution in [0.3, 0.4) is 0 Å². The number of amides is 1. The quantitative estimate of drug-likeness (QED) is 0.912. The van der Waals surface area contributed by atoms with Crippen molar-refractivity contribution in [2.45, 2.75) is 13.0 Å². The van der Waals surface area contributed by atoms with Gasteiger partial charge < -0.3 is 14.6 Å². The third-order valence-electron chi connectivity index (χ3n) is 2.99. The Bertz CT molecular complexity index is 686. The average molecular weight is 341 g/mol. The molecule has 1 aromatic carbocycles. The van der Waals surface area contributed by atoms with E-state index in [1.165, 1.54) is 6.07 Å². The van der Waals surface area contributed by atoms with Crippen LogP contribution in [-0.4, -0.2) is 17.7 Å². The molecule has 1 N–H and O–H groups in total. The number of hydrogen-bond donors (Lipinski definition) is 1. The van der Waals surface area contributed by atoms with Gasteiger partial charge in [-0.25, -0.2) is 4.39 Å². The van der Waals surface area contributed by atoms with Crippen LogP contribution in [0, 0.1) is 12.7 Å². The van der Waals surface area contributed by atoms with Crippen LogP contribution >= 0.6 is 15.9 Å². The number of nitrogens with zero attached hydrogens (tertiary/aromatic N) is 1. The lowest BCUT2D eigenvalue weighted by Crippen LogP contribution is -2.29. The van der Waals surface area contributed by atoms with Crippen molar-refractivity contribution in [3.63, 3.8) is 0 Å². The molecule has 7 heteroatoms. The van der Waals surface area contributed by atoms with Gasteiger partial charge in [0.25, 0.3) is 5.91 Å². The maximum Gasteiger partial charge on any atom is 0.290 e. The largest absolute Gasteiger partial charge is 0.491 e. The molecule has 1 atom stereocenters. The van der Waals surface area contributed by atoms with E-state index in [0.717, 1.165) is 5.56 Å². The molecule has 0 saturated carbocycles. The Morgan fingerprint density at radius 1 is 1.50 bits per heavy atom. The van der Waals surface area contributed by atoms with Gasteiger partial charge in [-0.3, -0.25) is 4.79 Å². The zero-order valence-corrected chi connectivity index (χ0v) is 12.0. The Kier molecular flexibility index (Phi) is 3.21. The predicted octanol–water partition coefficient (Wildman–Crippen LogP) is 2.75. The van der Waals surface area contributed by atoms with E-state index in [9.17, 15) is 9.18 Å². The van der Waals surface area contributed by atoms with Crippen molar-refractivity contribution < 1.29 is 18.4 Å². The molecule has 20 heavy (non-hydrogen) atoms. The van der Waals surface area contributed by atoms with Crippen LogP contribution in [0.4, 0.5) is 4.39 Å². The highest BCUT2D eigenvalue weighted by Gasteiger charge is 2.28. The summed E-state index contributed by atoms with van der Waals surface area (Å²) in [5.41, 5.74) is 1.35. The molecule has 5 nitrogen and oxygen atoms in total. The predicted molar refractivity (Wildman–Crippen MR) is 71.0 cm³/mol. The smallest absolute Gasteiger partial charge is 0.290 e. The number of rotatable bonds is 2. The molecule has 0 bridgehead atoms. The molecule has 1 aliphatic heterocycles. The van der Waals surface area contributed by atoms with E-state index in [-0.39, 0.29) is 24.3 Å². The molecule has 0 aliphatic carbocycles. The SMILES string of the molecule is Cc1cc(C(=O)NC2COc3cc(F)c(Br)cc32)on1. The Balaban J connectivity index is 1.81. The third kappa shape index (κ3) is 2.29. The lowest BCUT2D eigenvalue weighted by molar-refractivity contribution is 0.0893. The van der Waals surface area contributed by atoms with Crippen molar-refractivity contribution in [2.24, 2.45) is 0 Å². The van der Waals surface area contributed by atoms with Crippen molar-refractivity contribution in [1.29, 1.82) is 0 Å². The number of ether oxygens (including phenoxy) is 1. The van der Waals surface area contributed by atoms with Crippen LogP contribution in [-0.2, 0) is 0 Å². The van der Waals surface area contributed by atoms with Gasteiger partial charge in [0, 0.05) is 17.7 Å². The molecular weight excluding hydrogens is 331 g/mol. The second-order valence-electron chi connectivity index (χ2n) is 4.47. The second kappa shape index (κ2) is 4.90. The number of aromatic nitrogens is 1. The van der Waals surface area contributed by atoms with Crippen molar-refractivity contribution in [1.82, 2.24) is 10.5 Å². The van der Waals surface area contributed by atoms with Gasteiger partial charge in [0.05, 0.1) is 16.2 Å². The van der Waals surface area contributed by atoms with Crippen LogP contribution in [0.25, 0.3) is 0 Å². The molecule has 1 unspecified atom stereocenters. The van der Waals surface area contributed by atoms with E-state index in [1.54, 1.807) is 19.1 Å². The minimum atomic E-state index is -0.401. The normalized spacial score (nSPS) is 16.6. The van der Waals surface area contributed by atoms with E-state index in [2.05, 4.69) is 26.4 Å². The first-order valence-electron chi connectivity index (χ1n) is 5.90. The first-order valence-corrected chi connectivity index (χ1v) is 6.70. The maximum absolute atomic E-state index is 13.4.